The van der Waals surface area contributed by atoms with E-state index in [0.29, 0.717) is 24.4 Å². The van der Waals surface area contributed by atoms with E-state index in [1.54, 1.807) is 0 Å². The van der Waals surface area contributed by atoms with Gasteiger partial charge >= 0.3 is 0 Å². The van der Waals surface area contributed by atoms with E-state index in [-0.39, 0.29) is 11.7 Å². The summed E-state index contributed by atoms with van der Waals surface area (Å²) in [6.45, 7) is 2.34. The minimum absolute atomic E-state index is 0.122. The highest BCUT2D eigenvalue weighted by Crippen LogP contribution is 2.44. The third kappa shape index (κ3) is 3.32. The van der Waals surface area contributed by atoms with Gasteiger partial charge in [0.05, 0.1) is 17.6 Å². The predicted molar refractivity (Wildman–Crippen MR) is 107 cm³/mol. The zero-order valence-electron chi connectivity index (χ0n) is 15.9. The molecular formula is C24H22N2O2. The quantitative estimate of drug-likeness (QED) is 0.843. The number of benzene rings is 2. The second kappa shape index (κ2) is 7.74. The number of Topliss-reactive ketones (excluding diaryl/α,β-unsaturated/α-hetero) is 1. The zero-order chi connectivity index (χ0) is 19.5. The fourth-order valence-corrected chi connectivity index (χ4v) is 4.03. The molecule has 0 radical (unpaired) electrons. The van der Waals surface area contributed by atoms with Crippen molar-refractivity contribution in [2.24, 2.45) is 0 Å². The number of nitriles is 1. The molecule has 2 aromatic rings. The average Bonchev–Trinajstić information content (AvgIpc) is 2.72. The van der Waals surface area contributed by atoms with Crippen LogP contribution in [0.1, 0.15) is 43.2 Å². The first-order valence-corrected chi connectivity index (χ1v) is 9.59. The molecule has 1 atom stereocenters. The third-order valence-corrected chi connectivity index (χ3v) is 5.36. The van der Waals surface area contributed by atoms with Crippen LogP contribution in [-0.4, -0.2) is 5.78 Å². The summed E-state index contributed by atoms with van der Waals surface area (Å²) >= 11 is 0. The van der Waals surface area contributed by atoms with Crippen molar-refractivity contribution >= 4 is 5.78 Å². The second-order valence-corrected chi connectivity index (χ2v) is 7.19. The minimum Gasteiger partial charge on any atom is -0.489 e. The molecule has 0 saturated heterocycles. The maximum absolute atomic E-state index is 12.8. The summed E-state index contributed by atoms with van der Waals surface area (Å²) in [7, 11) is 0. The Labute approximate surface area is 165 Å². The highest BCUT2D eigenvalue weighted by atomic mass is 16.5. The van der Waals surface area contributed by atoms with Gasteiger partial charge in [-0.1, -0.05) is 48.5 Å². The molecule has 28 heavy (non-hydrogen) atoms. The van der Waals surface area contributed by atoms with Crippen LogP contribution in [0.5, 0.6) is 5.75 Å². The van der Waals surface area contributed by atoms with Crippen molar-refractivity contribution < 1.29 is 9.53 Å². The lowest BCUT2D eigenvalue weighted by Crippen LogP contribution is -2.31. The summed E-state index contributed by atoms with van der Waals surface area (Å²) in [6, 6.07) is 20.0. The van der Waals surface area contributed by atoms with E-state index in [9.17, 15) is 10.1 Å². The molecule has 0 unspecified atom stereocenters. The number of carbonyl (C=O) groups excluding carboxylic acids is 1. The summed E-state index contributed by atoms with van der Waals surface area (Å²) in [5, 5.41) is 13.1. The van der Waals surface area contributed by atoms with E-state index in [1.165, 1.54) is 0 Å². The van der Waals surface area contributed by atoms with Crippen molar-refractivity contribution in [3.8, 4) is 11.8 Å². The Bertz CT molecular complexity index is 1010. The molecule has 0 amide bonds. The van der Waals surface area contributed by atoms with Gasteiger partial charge in [-0.2, -0.15) is 5.26 Å². The number of carbonyl (C=O) groups is 1. The van der Waals surface area contributed by atoms with E-state index in [0.717, 1.165) is 40.9 Å². The zero-order valence-corrected chi connectivity index (χ0v) is 15.9. The number of nitrogens with zero attached hydrogens (tertiary/aromatic N) is 1. The van der Waals surface area contributed by atoms with E-state index in [4.69, 9.17) is 4.74 Å². The van der Waals surface area contributed by atoms with E-state index in [2.05, 4.69) is 11.4 Å². The molecule has 0 spiro atoms. The summed E-state index contributed by atoms with van der Waals surface area (Å²) in [6.07, 6.45) is 2.21. The van der Waals surface area contributed by atoms with Crippen molar-refractivity contribution in [2.45, 2.75) is 38.7 Å². The molecule has 0 fully saturated rings. The fraction of sp³-hybridized carbons (Fsp3) is 0.250. The van der Waals surface area contributed by atoms with Crippen LogP contribution in [0.15, 0.2) is 77.1 Å². The first kappa shape index (κ1) is 18.1. The Morgan fingerprint density at radius 1 is 1.11 bits per heavy atom. The van der Waals surface area contributed by atoms with E-state index >= 15 is 0 Å². The third-order valence-electron chi connectivity index (χ3n) is 5.36. The van der Waals surface area contributed by atoms with Gasteiger partial charge in [-0.05, 0) is 31.4 Å². The number of ketones is 1. The Kier molecular flexibility index (Phi) is 4.99. The monoisotopic (exact) mass is 370 g/mol. The van der Waals surface area contributed by atoms with Crippen molar-refractivity contribution in [2.75, 3.05) is 0 Å². The number of hydrogen-bond acceptors (Lipinski definition) is 4. The molecule has 0 saturated carbocycles. The predicted octanol–water partition coefficient (Wildman–Crippen LogP) is 4.76. The smallest absolute Gasteiger partial charge is 0.161 e. The van der Waals surface area contributed by atoms with Gasteiger partial charge < -0.3 is 10.1 Å². The largest absolute Gasteiger partial charge is 0.489 e. The van der Waals surface area contributed by atoms with Gasteiger partial charge in [0.25, 0.3) is 0 Å². The van der Waals surface area contributed by atoms with Crippen LogP contribution in [-0.2, 0) is 11.4 Å². The van der Waals surface area contributed by atoms with Gasteiger partial charge in [0.1, 0.15) is 12.4 Å². The molecule has 140 valence electrons. The molecule has 1 N–H and O–H groups in total. The topological polar surface area (TPSA) is 62.1 Å². The van der Waals surface area contributed by atoms with Gasteiger partial charge in [-0.25, -0.2) is 0 Å². The maximum atomic E-state index is 12.8. The number of para-hydroxylation sites is 1. The highest BCUT2D eigenvalue weighted by molar-refractivity contribution is 6.00. The van der Waals surface area contributed by atoms with Crippen LogP contribution in [0.25, 0.3) is 0 Å². The molecule has 4 nitrogen and oxygen atoms in total. The van der Waals surface area contributed by atoms with Crippen LogP contribution in [0.3, 0.4) is 0 Å². The van der Waals surface area contributed by atoms with Crippen LogP contribution in [0.4, 0.5) is 0 Å². The Morgan fingerprint density at radius 2 is 1.86 bits per heavy atom. The molecular weight excluding hydrogens is 348 g/mol. The standard InChI is InChI=1S/C24H22N2O2/c1-16-19(14-25)23(24-20(26-16)11-7-12-21(24)27)18-10-5-6-13-22(18)28-15-17-8-3-2-4-9-17/h2-6,8-10,13,23,26H,7,11-12,15H2,1H3/t23-/m0/s1. The van der Waals surface area contributed by atoms with E-state index < -0.39 is 0 Å². The van der Waals surface area contributed by atoms with Gasteiger partial charge in [-0.3, -0.25) is 4.79 Å². The van der Waals surface area contributed by atoms with Crippen LogP contribution in [0.2, 0.25) is 0 Å². The summed E-state index contributed by atoms with van der Waals surface area (Å²) < 4.78 is 6.13. The summed E-state index contributed by atoms with van der Waals surface area (Å²) in [5.41, 5.74) is 5.03. The normalized spacial score (nSPS) is 19.0. The van der Waals surface area contributed by atoms with Crippen LogP contribution in [0, 0.1) is 11.3 Å². The first-order valence-electron chi connectivity index (χ1n) is 9.59. The maximum Gasteiger partial charge on any atom is 0.161 e. The lowest BCUT2D eigenvalue weighted by molar-refractivity contribution is -0.116. The fourth-order valence-electron chi connectivity index (χ4n) is 4.03. The average molecular weight is 370 g/mol. The molecule has 1 aliphatic carbocycles. The van der Waals surface area contributed by atoms with Gasteiger partial charge in [0.15, 0.2) is 5.78 Å². The summed E-state index contributed by atoms with van der Waals surface area (Å²) in [5.74, 6) is 0.460. The molecule has 4 heteroatoms. The first-order chi connectivity index (χ1) is 13.7. The van der Waals surface area contributed by atoms with Crippen LogP contribution >= 0.6 is 0 Å². The van der Waals surface area contributed by atoms with E-state index in [1.807, 2.05) is 61.5 Å². The van der Waals surface area contributed by atoms with Gasteiger partial charge in [-0.15, -0.1) is 0 Å². The number of dihydropyridines is 1. The SMILES string of the molecule is CC1=C(C#N)[C@H](c2ccccc2OCc2ccccc2)C2=C(CCCC2=O)N1. The number of hydrogen-bond donors (Lipinski definition) is 1. The van der Waals surface area contributed by atoms with Crippen molar-refractivity contribution in [3.63, 3.8) is 0 Å². The van der Waals surface area contributed by atoms with Gasteiger partial charge in [0.2, 0.25) is 0 Å². The Balaban J connectivity index is 1.76. The van der Waals surface area contributed by atoms with Gasteiger partial charge in [0, 0.05) is 29.0 Å². The lowest BCUT2D eigenvalue weighted by Gasteiger charge is -2.33. The van der Waals surface area contributed by atoms with Crippen LogP contribution < -0.4 is 10.1 Å². The molecule has 2 aliphatic rings. The molecule has 0 bridgehead atoms. The highest BCUT2D eigenvalue weighted by Gasteiger charge is 2.37. The van der Waals surface area contributed by atoms with Crippen molar-refractivity contribution in [1.29, 1.82) is 5.26 Å². The molecule has 2 aromatic carbocycles. The minimum atomic E-state index is -0.374. The molecule has 1 heterocycles. The number of ether oxygens (including phenoxy) is 1. The summed E-state index contributed by atoms with van der Waals surface area (Å²) in [4.78, 5) is 12.8. The molecule has 1 aliphatic heterocycles. The lowest BCUT2D eigenvalue weighted by atomic mass is 9.75. The van der Waals surface area contributed by atoms with Crippen molar-refractivity contribution in [1.82, 2.24) is 5.32 Å². The number of nitrogens with one attached hydrogen (secondary N) is 1. The second-order valence-electron chi connectivity index (χ2n) is 7.19. The molecule has 4 rings (SSSR count). The van der Waals surface area contributed by atoms with Crippen molar-refractivity contribution in [3.05, 3.63) is 88.3 Å². The number of rotatable bonds is 4. The molecule has 0 aromatic heterocycles. The Morgan fingerprint density at radius 3 is 2.64 bits per heavy atom. The Hall–Kier alpha value is -3.32. The number of allylic oxidation sites excluding steroid dienone is 4.